The van der Waals surface area contributed by atoms with Gasteiger partial charge in [-0.05, 0) is 30.3 Å². The van der Waals surface area contributed by atoms with Crippen LogP contribution in [0.15, 0.2) is 54.6 Å². The number of aromatic nitrogens is 2. The van der Waals surface area contributed by atoms with Crippen LogP contribution in [0.25, 0.3) is 10.9 Å². The van der Waals surface area contributed by atoms with Crippen molar-refractivity contribution in [2.75, 3.05) is 24.9 Å². The van der Waals surface area contributed by atoms with Gasteiger partial charge < -0.3 is 19.5 Å². The molecule has 39 heavy (non-hydrogen) atoms. The van der Waals surface area contributed by atoms with Crippen LogP contribution in [0, 0.1) is 0 Å². The van der Waals surface area contributed by atoms with Crippen LogP contribution < -0.4 is 24.8 Å². The average Bonchev–Trinajstić information content (AvgIpc) is 3.27. The number of aromatic amines is 1. The smallest absolute Gasteiger partial charge is 0.416 e. The Morgan fingerprint density at radius 2 is 1.54 bits per heavy atom. The summed E-state index contributed by atoms with van der Waals surface area (Å²) in [5, 5.41) is 12.3. The first kappa shape index (κ1) is 27.4. The zero-order chi connectivity index (χ0) is 28.4. The standard InChI is InChI=1S/C25H20F6N4O4/c1-37-17-8-15(9-18(10-17)38-2)32-23(36)33-22-19-11-16(5-6-21(19)34-35-22)39-12-13-3-4-14(24(26,27)28)7-20(13)25(29,30)31/h3-11H,12H2,1-2H3,(H3,32,33,34,35,36). The normalized spacial score (nSPS) is 11.8. The summed E-state index contributed by atoms with van der Waals surface area (Å²) in [4.78, 5) is 12.6. The highest BCUT2D eigenvalue weighted by Gasteiger charge is 2.38. The van der Waals surface area contributed by atoms with Crippen LogP contribution in [0.2, 0.25) is 0 Å². The van der Waals surface area contributed by atoms with E-state index >= 15 is 0 Å². The molecule has 0 saturated carbocycles. The SMILES string of the molecule is COc1cc(NC(=O)Nc2n[nH]c3ccc(OCc4ccc(C(F)(F)F)cc4C(F)(F)F)cc23)cc(OC)c1. The molecule has 0 aliphatic heterocycles. The number of H-pyrrole nitrogens is 1. The largest absolute Gasteiger partial charge is 0.497 e. The van der Waals surface area contributed by atoms with E-state index in [0.29, 0.717) is 34.2 Å². The summed E-state index contributed by atoms with van der Waals surface area (Å²) in [6, 6.07) is 9.80. The number of rotatable bonds is 7. The number of methoxy groups -OCH3 is 2. The van der Waals surface area contributed by atoms with Crippen molar-refractivity contribution >= 4 is 28.4 Å². The van der Waals surface area contributed by atoms with Crippen LogP contribution in [0.5, 0.6) is 17.2 Å². The second-order valence-corrected chi connectivity index (χ2v) is 8.12. The molecule has 1 heterocycles. The second kappa shape index (κ2) is 10.6. The van der Waals surface area contributed by atoms with Gasteiger partial charge in [-0.25, -0.2) is 4.79 Å². The Bertz CT molecular complexity index is 1480. The first-order chi connectivity index (χ1) is 18.4. The molecule has 8 nitrogen and oxygen atoms in total. The number of hydrogen-bond acceptors (Lipinski definition) is 5. The third-order valence-corrected chi connectivity index (χ3v) is 5.51. The van der Waals surface area contributed by atoms with E-state index in [1.54, 1.807) is 18.2 Å². The fourth-order valence-corrected chi connectivity index (χ4v) is 3.63. The minimum absolute atomic E-state index is 0.0521. The lowest BCUT2D eigenvalue weighted by Crippen LogP contribution is -2.19. The minimum atomic E-state index is -5.02. The third-order valence-electron chi connectivity index (χ3n) is 5.51. The van der Waals surface area contributed by atoms with Gasteiger partial charge in [-0.1, -0.05) is 6.07 Å². The van der Waals surface area contributed by atoms with Crippen molar-refractivity contribution in [2.45, 2.75) is 19.0 Å². The number of ether oxygens (including phenoxy) is 3. The molecule has 4 aromatic rings. The van der Waals surface area contributed by atoms with Crippen LogP contribution in [0.3, 0.4) is 0 Å². The van der Waals surface area contributed by atoms with Crippen molar-refractivity contribution in [3.8, 4) is 17.2 Å². The summed E-state index contributed by atoms with van der Waals surface area (Å²) < 4.78 is 94.8. The number of urea groups is 1. The molecule has 3 aromatic carbocycles. The highest BCUT2D eigenvalue weighted by Crippen LogP contribution is 2.38. The Labute approximate surface area is 216 Å². The molecule has 0 radical (unpaired) electrons. The Morgan fingerprint density at radius 3 is 2.15 bits per heavy atom. The summed E-state index contributed by atoms with van der Waals surface area (Å²) in [5.74, 6) is 1.07. The molecule has 2 amide bonds. The van der Waals surface area contributed by atoms with Crippen LogP contribution >= 0.6 is 0 Å². The molecule has 206 valence electrons. The van der Waals surface area contributed by atoms with E-state index in [0.717, 1.165) is 6.07 Å². The number of hydrogen-bond donors (Lipinski definition) is 3. The maximum Gasteiger partial charge on any atom is 0.416 e. The fraction of sp³-hybridized carbons (Fsp3) is 0.200. The summed E-state index contributed by atoms with van der Waals surface area (Å²) in [7, 11) is 2.91. The first-order valence-electron chi connectivity index (χ1n) is 11.1. The predicted octanol–water partition coefficient (Wildman–Crippen LogP) is 6.84. The Kier molecular flexibility index (Phi) is 7.47. The van der Waals surface area contributed by atoms with E-state index in [4.69, 9.17) is 14.2 Å². The van der Waals surface area contributed by atoms with Crippen molar-refractivity contribution in [1.29, 1.82) is 0 Å². The zero-order valence-corrected chi connectivity index (χ0v) is 20.3. The molecule has 3 N–H and O–H groups in total. The number of carbonyl (C=O) groups excluding carboxylic acids is 1. The number of halogens is 6. The van der Waals surface area contributed by atoms with E-state index in [-0.39, 0.29) is 17.6 Å². The molecular weight excluding hydrogens is 534 g/mol. The van der Waals surface area contributed by atoms with Gasteiger partial charge in [-0.15, -0.1) is 0 Å². The number of benzene rings is 3. The van der Waals surface area contributed by atoms with Gasteiger partial charge in [0, 0.05) is 34.8 Å². The number of nitrogens with zero attached hydrogens (tertiary/aromatic N) is 1. The number of anilines is 2. The molecule has 1 aromatic heterocycles. The minimum Gasteiger partial charge on any atom is -0.497 e. The highest BCUT2D eigenvalue weighted by molar-refractivity contribution is 6.04. The number of nitrogens with one attached hydrogen (secondary N) is 3. The van der Waals surface area contributed by atoms with Gasteiger partial charge >= 0.3 is 18.4 Å². The third kappa shape index (κ3) is 6.45. The lowest BCUT2D eigenvalue weighted by atomic mass is 10.0. The van der Waals surface area contributed by atoms with Gasteiger partial charge in [0.25, 0.3) is 0 Å². The maximum atomic E-state index is 13.4. The predicted molar refractivity (Wildman–Crippen MR) is 129 cm³/mol. The molecule has 14 heteroatoms. The molecule has 0 atom stereocenters. The van der Waals surface area contributed by atoms with Gasteiger partial charge in [-0.2, -0.15) is 31.4 Å². The van der Waals surface area contributed by atoms with Crippen LogP contribution in [-0.4, -0.2) is 30.4 Å². The Balaban J connectivity index is 1.51. The molecule has 0 saturated heterocycles. The number of alkyl halides is 6. The summed E-state index contributed by atoms with van der Waals surface area (Å²) in [5.41, 5.74) is -2.50. The van der Waals surface area contributed by atoms with E-state index in [2.05, 4.69) is 20.8 Å². The summed E-state index contributed by atoms with van der Waals surface area (Å²) >= 11 is 0. The molecule has 4 rings (SSSR count). The molecule has 0 aliphatic carbocycles. The van der Waals surface area contributed by atoms with Crippen molar-refractivity contribution < 1.29 is 45.3 Å². The van der Waals surface area contributed by atoms with E-state index < -0.39 is 41.7 Å². The summed E-state index contributed by atoms with van der Waals surface area (Å²) in [6.45, 7) is -0.655. The fourth-order valence-electron chi connectivity index (χ4n) is 3.63. The molecular formula is C25H20F6N4O4. The van der Waals surface area contributed by atoms with E-state index in [1.807, 2.05) is 0 Å². The lowest BCUT2D eigenvalue weighted by Gasteiger charge is -2.16. The molecule has 0 unspecified atom stereocenters. The first-order valence-corrected chi connectivity index (χ1v) is 11.1. The van der Waals surface area contributed by atoms with Crippen LogP contribution in [0.1, 0.15) is 16.7 Å². The van der Waals surface area contributed by atoms with Gasteiger partial charge in [0.2, 0.25) is 0 Å². The van der Waals surface area contributed by atoms with Crippen molar-refractivity contribution in [1.82, 2.24) is 10.2 Å². The van der Waals surface area contributed by atoms with Crippen molar-refractivity contribution in [3.63, 3.8) is 0 Å². The van der Waals surface area contributed by atoms with Gasteiger partial charge in [-0.3, -0.25) is 10.4 Å². The lowest BCUT2D eigenvalue weighted by molar-refractivity contribution is -0.143. The number of fused-ring (bicyclic) bond motifs is 1. The van der Waals surface area contributed by atoms with Crippen molar-refractivity contribution in [3.05, 3.63) is 71.3 Å². The van der Waals surface area contributed by atoms with Crippen LogP contribution in [-0.2, 0) is 19.0 Å². The number of carbonyl (C=O) groups is 1. The zero-order valence-electron chi connectivity index (χ0n) is 20.3. The molecule has 0 aliphatic rings. The Hall–Kier alpha value is -4.62. The topological polar surface area (TPSA) is 97.5 Å². The molecule has 0 fully saturated rings. The quantitative estimate of drug-likeness (QED) is 0.217. The van der Waals surface area contributed by atoms with Crippen LogP contribution in [0.4, 0.5) is 42.6 Å². The molecule has 0 bridgehead atoms. The Morgan fingerprint density at radius 1 is 0.846 bits per heavy atom. The highest BCUT2D eigenvalue weighted by atomic mass is 19.4. The summed E-state index contributed by atoms with van der Waals surface area (Å²) in [6.07, 6.45) is -9.95. The van der Waals surface area contributed by atoms with Gasteiger partial charge in [0.1, 0.15) is 23.9 Å². The average molecular weight is 554 g/mol. The number of amides is 2. The maximum absolute atomic E-state index is 13.4. The molecule has 0 spiro atoms. The van der Waals surface area contributed by atoms with Gasteiger partial charge in [0.15, 0.2) is 5.82 Å². The van der Waals surface area contributed by atoms with Gasteiger partial charge in [0.05, 0.1) is 30.9 Å². The van der Waals surface area contributed by atoms with Crippen molar-refractivity contribution in [2.24, 2.45) is 0 Å². The second-order valence-electron chi connectivity index (χ2n) is 8.12. The van der Waals surface area contributed by atoms with E-state index in [9.17, 15) is 31.1 Å². The van der Waals surface area contributed by atoms with E-state index in [1.165, 1.54) is 32.4 Å². The monoisotopic (exact) mass is 554 g/mol.